The Hall–Kier alpha value is -1.79. The van der Waals surface area contributed by atoms with Crippen molar-refractivity contribution in [2.45, 2.75) is 31.4 Å². The van der Waals surface area contributed by atoms with Gasteiger partial charge in [-0.3, -0.25) is 4.90 Å². The fourth-order valence-corrected chi connectivity index (χ4v) is 2.60. The highest BCUT2D eigenvalue weighted by Crippen LogP contribution is 2.19. The summed E-state index contributed by atoms with van der Waals surface area (Å²) >= 11 is 0. The number of likely N-dealkylation sites (tertiary alicyclic amines) is 1. The Kier molecular flexibility index (Phi) is 5.63. The molecule has 1 aromatic heterocycles. The maximum atomic E-state index is 11.9. The zero-order valence-corrected chi connectivity index (χ0v) is 13.0. The Bertz CT molecular complexity index is 477. The predicted octanol–water partition coefficient (Wildman–Crippen LogP) is 1.44. The van der Waals surface area contributed by atoms with Crippen LogP contribution in [0.15, 0.2) is 35.5 Å². The first-order chi connectivity index (χ1) is 10.5. The molecule has 3 N–H and O–H groups in total. The molecule has 1 aromatic rings. The lowest BCUT2D eigenvalue weighted by molar-refractivity contribution is 0.0365. The minimum Gasteiger partial charge on any atom is -0.466 e. The summed E-state index contributed by atoms with van der Waals surface area (Å²) in [6.45, 7) is 8.26. The lowest BCUT2D eigenvalue weighted by Gasteiger charge is -2.31. The first kappa shape index (κ1) is 16.6. The molecule has 2 rings (SSSR count). The molecule has 2 heterocycles. The molecule has 1 aliphatic heterocycles. The maximum Gasteiger partial charge on any atom is 0.315 e. The van der Waals surface area contributed by atoms with E-state index in [0.29, 0.717) is 5.76 Å². The average Bonchev–Trinajstić information content (AvgIpc) is 3.03. The molecule has 6 nitrogen and oxygen atoms in total. The summed E-state index contributed by atoms with van der Waals surface area (Å²) in [5, 5.41) is 15.9. The molecule has 0 aromatic carbocycles. The summed E-state index contributed by atoms with van der Waals surface area (Å²) in [6.07, 6.45) is 5.25. The lowest BCUT2D eigenvalue weighted by Crippen LogP contribution is -2.50. The number of urea groups is 1. The van der Waals surface area contributed by atoms with Gasteiger partial charge in [0.05, 0.1) is 12.8 Å². The molecule has 2 amide bonds. The Labute approximate surface area is 131 Å². The van der Waals surface area contributed by atoms with Crippen LogP contribution in [0.1, 0.15) is 25.5 Å². The molecule has 122 valence electrons. The number of carbonyl (C=O) groups excluding carboxylic acids is 1. The standard InChI is InChI=1S/C16H25N3O3/c1-3-8-19-9-6-13(7-10-19)18-15(20)17-12-16(2,21)14-5-4-11-22-14/h3-5,11,13,21H,1,6-10,12H2,2H3,(H2,17,18,20). The SMILES string of the molecule is C=CCN1CCC(NC(=O)NCC(C)(O)c2ccco2)CC1. The maximum absolute atomic E-state index is 11.9. The predicted molar refractivity (Wildman–Crippen MR) is 84.5 cm³/mol. The fraction of sp³-hybridized carbons (Fsp3) is 0.562. The van der Waals surface area contributed by atoms with E-state index in [9.17, 15) is 9.90 Å². The minimum atomic E-state index is -1.21. The zero-order chi connectivity index (χ0) is 16.0. The van der Waals surface area contributed by atoms with Crippen molar-refractivity contribution in [1.29, 1.82) is 0 Å². The second-order valence-corrected chi connectivity index (χ2v) is 5.94. The number of hydrogen-bond acceptors (Lipinski definition) is 4. The largest absolute Gasteiger partial charge is 0.466 e. The van der Waals surface area contributed by atoms with E-state index in [-0.39, 0.29) is 18.6 Å². The average molecular weight is 307 g/mol. The second-order valence-electron chi connectivity index (χ2n) is 5.94. The van der Waals surface area contributed by atoms with Crippen LogP contribution in [0, 0.1) is 0 Å². The van der Waals surface area contributed by atoms with Crippen molar-refractivity contribution < 1.29 is 14.3 Å². The smallest absolute Gasteiger partial charge is 0.315 e. The highest BCUT2D eigenvalue weighted by molar-refractivity contribution is 5.74. The van der Waals surface area contributed by atoms with Gasteiger partial charge in [0.1, 0.15) is 11.4 Å². The highest BCUT2D eigenvalue weighted by Gasteiger charge is 2.27. The molecular formula is C16H25N3O3. The van der Waals surface area contributed by atoms with Gasteiger partial charge in [0.15, 0.2) is 0 Å². The van der Waals surface area contributed by atoms with Crippen LogP contribution >= 0.6 is 0 Å². The summed E-state index contributed by atoms with van der Waals surface area (Å²) in [5.74, 6) is 0.436. The van der Waals surface area contributed by atoms with Crippen LogP contribution < -0.4 is 10.6 Å². The van der Waals surface area contributed by atoms with Gasteiger partial charge in [0.25, 0.3) is 0 Å². The molecular weight excluding hydrogens is 282 g/mol. The van der Waals surface area contributed by atoms with E-state index in [2.05, 4.69) is 22.1 Å². The summed E-state index contributed by atoms with van der Waals surface area (Å²) < 4.78 is 5.18. The minimum absolute atomic E-state index is 0.0989. The van der Waals surface area contributed by atoms with Crippen LogP contribution in [0.4, 0.5) is 4.79 Å². The molecule has 1 saturated heterocycles. The molecule has 0 spiro atoms. The van der Waals surface area contributed by atoms with Crippen LogP contribution in [-0.4, -0.2) is 48.3 Å². The molecule has 1 unspecified atom stereocenters. The normalized spacial score (nSPS) is 19.4. The molecule has 0 saturated carbocycles. The second kappa shape index (κ2) is 7.47. The van der Waals surface area contributed by atoms with Crippen LogP contribution in [0.2, 0.25) is 0 Å². The zero-order valence-electron chi connectivity index (χ0n) is 13.0. The number of aliphatic hydroxyl groups is 1. The van der Waals surface area contributed by atoms with Gasteiger partial charge in [-0.1, -0.05) is 6.08 Å². The third-order valence-corrected chi connectivity index (χ3v) is 3.96. The number of piperidine rings is 1. The molecule has 1 aliphatic rings. The van der Waals surface area contributed by atoms with E-state index >= 15 is 0 Å². The van der Waals surface area contributed by atoms with Crippen molar-refractivity contribution >= 4 is 6.03 Å². The van der Waals surface area contributed by atoms with Crippen molar-refractivity contribution in [2.24, 2.45) is 0 Å². The quantitative estimate of drug-likeness (QED) is 0.695. The van der Waals surface area contributed by atoms with E-state index in [1.54, 1.807) is 19.1 Å². The van der Waals surface area contributed by atoms with E-state index < -0.39 is 5.60 Å². The topological polar surface area (TPSA) is 77.7 Å². The highest BCUT2D eigenvalue weighted by atomic mass is 16.4. The molecule has 0 bridgehead atoms. The first-order valence-corrected chi connectivity index (χ1v) is 7.65. The van der Waals surface area contributed by atoms with Crippen LogP contribution in [0.25, 0.3) is 0 Å². The van der Waals surface area contributed by atoms with Gasteiger partial charge in [-0.25, -0.2) is 4.79 Å². The van der Waals surface area contributed by atoms with E-state index in [1.165, 1.54) is 6.26 Å². The van der Waals surface area contributed by atoms with Crippen molar-refractivity contribution in [3.63, 3.8) is 0 Å². The van der Waals surface area contributed by atoms with E-state index in [1.807, 2.05) is 6.08 Å². The van der Waals surface area contributed by atoms with Crippen molar-refractivity contribution in [1.82, 2.24) is 15.5 Å². The molecule has 22 heavy (non-hydrogen) atoms. The lowest BCUT2D eigenvalue weighted by atomic mass is 10.0. The number of rotatable bonds is 6. The number of furan rings is 1. The van der Waals surface area contributed by atoms with Gasteiger partial charge in [0.2, 0.25) is 0 Å². The van der Waals surface area contributed by atoms with Gasteiger partial charge < -0.3 is 20.2 Å². The van der Waals surface area contributed by atoms with Gasteiger partial charge in [-0.05, 0) is 31.9 Å². The van der Waals surface area contributed by atoms with Crippen molar-refractivity contribution in [3.05, 3.63) is 36.8 Å². The Morgan fingerprint density at radius 2 is 2.32 bits per heavy atom. The van der Waals surface area contributed by atoms with Gasteiger partial charge >= 0.3 is 6.03 Å². The van der Waals surface area contributed by atoms with Gasteiger partial charge in [-0.2, -0.15) is 0 Å². The fourth-order valence-electron chi connectivity index (χ4n) is 2.60. The first-order valence-electron chi connectivity index (χ1n) is 7.65. The monoisotopic (exact) mass is 307 g/mol. The Balaban J connectivity index is 1.71. The van der Waals surface area contributed by atoms with Crippen molar-refractivity contribution in [2.75, 3.05) is 26.2 Å². The number of nitrogens with zero attached hydrogens (tertiary/aromatic N) is 1. The van der Waals surface area contributed by atoms with Crippen molar-refractivity contribution in [3.8, 4) is 0 Å². The Morgan fingerprint density at radius 3 is 2.91 bits per heavy atom. The third kappa shape index (κ3) is 4.61. The molecule has 0 radical (unpaired) electrons. The molecule has 0 aliphatic carbocycles. The molecule has 1 atom stereocenters. The molecule has 1 fully saturated rings. The van der Waals surface area contributed by atoms with Crippen LogP contribution in [0.5, 0.6) is 0 Å². The number of hydrogen-bond donors (Lipinski definition) is 3. The summed E-state index contributed by atoms with van der Waals surface area (Å²) in [7, 11) is 0. The Morgan fingerprint density at radius 1 is 1.59 bits per heavy atom. The van der Waals surface area contributed by atoms with Crippen LogP contribution in [-0.2, 0) is 5.60 Å². The summed E-state index contributed by atoms with van der Waals surface area (Å²) in [6, 6.07) is 3.32. The number of amides is 2. The summed E-state index contributed by atoms with van der Waals surface area (Å²) in [5.41, 5.74) is -1.21. The summed E-state index contributed by atoms with van der Waals surface area (Å²) in [4.78, 5) is 14.3. The van der Waals surface area contributed by atoms with Gasteiger partial charge in [-0.15, -0.1) is 6.58 Å². The number of carbonyl (C=O) groups is 1. The van der Waals surface area contributed by atoms with E-state index in [4.69, 9.17) is 4.42 Å². The van der Waals surface area contributed by atoms with Gasteiger partial charge in [0, 0.05) is 25.7 Å². The third-order valence-electron chi connectivity index (χ3n) is 3.96. The van der Waals surface area contributed by atoms with E-state index in [0.717, 1.165) is 32.5 Å². The number of nitrogens with one attached hydrogen (secondary N) is 2. The van der Waals surface area contributed by atoms with Crippen LogP contribution in [0.3, 0.4) is 0 Å². The molecule has 6 heteroatoms.